The minimum atomic E-state index is -0.159. The van der Waals surface area contributed by atoms with Gasteiger partial charge >= 0.3 is 0 Å². The molecule has 0 spiro atoms. The Labute approximate surface area is 183 Å². The number of hydrogen-bond acceptors (Lipinski definition) is 4. The highest BCUT2D eigenvalue weighted by Crippen LogP contribution is 2.33. The molecule has 0 fully saturated rings. The van der Waals surface area contributed by atoms with Crippen LogP contribution in [0, 0.1) is 6.92 Å². The van der Waals surface area contributed by atoms with Gasteiger partial charge in [0.1, 0.15) is 25.6 Å². The van der Waals surface area contributed by atoms with Crippen molar-refractivity contribution >= 4 is 5.91 Å². The molecule has 0 saturated carbocycles. The van der Waals surface area contributed by atoms with Crippen molar-refractivity contribution in [2.24, 2.45) is 0 Å². The van der Waals surface area contributed by atoms with Crippen LogP contribution in [0.3, 0.4) is 0 Å². The van der Waals surface area contributed by atoms with Gasteiger partial charge in [0.15, 0.2) is 11.5 Å². The molecule has 1 heterocycles. The molecule has 0 aromatic heterocycles. The maximum Gasteiger partial charge on any atom is 0.255 e. The number of aryl methyl sites for hydroxylation is 1. The van der Waals surface area contributed by atoms with Crippen LogP contribution in [-0.4, -0.2) is 25.2 Å². The van der Waals surface area contributed by atoms with Crippen molar-refractivity contribution in [1.82, 2.24) is 5.32 Å². The number of nitrogens with one attached hydrogen (secondary N) is 1. The Bertz CT molecular complexity index is 1030. The van der Waals surface area contributed by atoms with E-state index in [0.717, 1.165) is 23.3 Å². The predicted molar refractivity (Wildman–Crippen MR) is 120 cm³/mol. The van der Waals surface area contributed by atoms with Gasteiger partial charge in [0.2, 0.25) is 0 Å². The number of amides is 1. The van der Waals surface area contributed by atoms with E-state index in [1.165, 1.54) is 5.56 Å². The van der Waals surface area contributed by atoms with Gasteiger partial charge in [-0.15, -0.1) is 0 Å². The van der Waals surface area contributed by atoms with E-state index in [4.69, 9.17) is 14.2 Å². The number of carbonyl (C=O) groups excluding carboxylic acids is 1. The van der Waals surface area contributed by atoms with Crippen LogP contribution in [0.1, 0.15) is 34.0 Å². The van der Waals surface area contributed by atoms with Crippen LogP contribution in [0.25, 0.3) is 0 Å². The monoisotopic (exact) mass is 417 g/mol. The largest absolute Gasteiger partial charge is 0.489 e. The molecule has 160 valence electrons. The van der Waals surface area contributed by atoms with Gasteiger partial charge < -0.3 is 19.5 Å². The van der Waals surface area contributed by atoms with E-state index in [1.807, 2.05) is 43.3 Å². The fourth-order valence-electron chi connectivity index (χ4n) is 3.53. The number of ether oxygens (including phenoxy) is 3. The quantitative estimate of drug-likeness (QED) is 0.605. The molecular formula is C26H27NO4. The van der Waals surface area contributed by atoms with Gasteiger partial charge in [-0.05, 0) is 55.7 Å². The first-order chi connectivity index (χ1) is 15.1. The van der Waals surface area contributed by atoms with E-state index in [9.17, 15) is 4.79 Å². The minimum Gasteiger partial charge on any atom is -0.489 e. The minimum absolute atomic E-state index is 0.0350. The molecule has 1 aliphatic rings. The van der Waals surface area contributed by atoms with E-state index >= 15 is 0 Å². The van der Waals surface area contributed by atoms with E-state index in [0.29, 0.717) is 36.9 Å². The average molecular weight is 418 g/mol. The van der Waals surface area contributed by atoms with Gasteiger partial charge in [-0.3, -0.25) is 4.79 Å². The summed E-state index contributed by atoms with van der Waals surface area (Å²) in [4.78, 5) is 12.7. The normalized spacial score (nSPS) is 13.4. The standard InChI is InChI=1S/C26H27NO4/c1-18-6-8-21(9-7-18)17-31-22-12-10-20(11-13-22)16-19(2)27-26(28)23-4-3-5-24-25(23)30-15-14-29-24/h3-13,19H,14-17H2,1-2H3,(H,27,28). The van der Waals surface area contributed by atoms with Gasteiger partial charge in [0.05, 0.1) is 5.56 Å². The molecule has 3 aromatic carbocycles. The fraction of sp³-hybridized carbons (Fsp3) is 0.269. The summed E-state index contributed by atoms with van der Waals surface area (Å²) in [5.74, 6) is 1.81. The van der Waals surface area contributed by atoms with Gasteiger partial charge in [0, 0.05) is 6.04 Å². The molecule has 1 unspecified atom stereocenters. The second-order valence-corrected chi connectivity index (χ2v) is 7.83. The maximum absolute atomic E-state index is 12.7. The summed E-state index contributed by atoms with van der Waals surface area (Å²) in [7, 11) is 0. The second-order valence-electron chi connectivity index (χ2n) is 7.83. The summed E-state index contributed by atoms with van der Waals surface area (Å²) in [5.41, 5.74) is 4.01. The Hall–Kier alpha value is -3.47. The summed E-state index contributed by atoms with van der Waals surface area (Å²) in [6.07, 6.45) is 0.719. The zero-order valence-corrected chi connectivity index (χ0v) is 17.9. The number of benzene rings is 3. The lowest BCUT2D eigenvalue weighted by Gasteiger charge is -2.21. The molecule has 4 rings (SSSR count). The SMILES string of the molecule is Cc1ccc(COc2ccc(CC(C)NC(=O)c3cccc4c3OCCO4)cc2)cc1. The van der Waals surface area contributed by atoms with E-state index in [-0.39, 0.29) is 11.9 Å². The van der Waals surface area contributed by atoms with Gasteiger partial charge in [-0.1, -0.05) is 48.0 Å². The molecule has 0 bridgehead atoms. The van der Waals surface area contributed by atoms with Crippen molar-refractivity contribution in [3.8, 4) is 17.2 Å². The van der Waals surface area contributed by atoms with Crippen LogP contribution < -0.4 is 19.5 Å². The van der Waals surface area contributed by atoms with Crippen molar-refractivity contribution in [2.75, 3.05) is 13.2 Å². The van der Waals surface area contributed by atoms with Crippen molar-refractivity contribution < 1.29 is 19.0 Å². The van der Waals surface area contributed by atoms with Crippen molar-refractivity contribution in [3.63, 3.8) is 0 Å². The lowest BCUT2D eigenvalue weighted by atomic mass is 10.1. The Kier molecular flexibility index (Phi) is 6.41. The molecule has 1 N–H and O–H groups in total. The molecule has 0 radical (unpaired) electrons. The highest BCUT2D eigenvalue weighted by molar-refractivity contribution is 5.98. The topological polar surface area (TPSA) is 56.8 Å². The number of rotatable bonds is 7. The Morgan fingerprint density at radius 3 is 2.45 bits per heavy atom. The first-order valence-corrected chi connectivity index (χ1v) is 10.6. The zero-order valence-electron chi connectivity index (χ0n) is 17.9. The number of para-hydroxylation sites is 1. The molecule has 5 heteroatoms. The summed E-state index contributed by atoms with van der Waals surface area (Å²) >= 11 is 0. The molecule has 3 aromatic rings. The smallest absolute Gasteiger partial charge is 0.255 e. The number of carbonyl (C=O) groups is 1. The van der Waals surface area contributed by atoms with Gasteiger partial charge in [0.25, 0.3) is 5.91 Å². The average Bonchev–Trinajstić information content (AvgIpc) is 2.79. The van der Waals surface area contributed by atoms with Crippen LogP contribution in [0.15, 0.2) is 66.7 Å². The summed E-state index contributed by atoms with van der Waals surface area (Å²) < 4.78 is 17.1. The molecule has 5 nitrogen and oxygen atoms in total. The maximum atomic E-state index is 12.7. The van der Waals surface area contributed by atoms with Gasteiger partial charge in [-0.2, -0.15) is 0 Å². The first-order valence-electron chi connectivity index (χ1n) is 10.6. The van der Waals surface area contributed by atoms with E-state index in [1.54, 1.807) is 6.07 Å². The third-order valence-electron chi connectivity index (χ3n) is 5.18. The van der Waals surface area contributed by atoms with Crippen molar-refractivity contribution in [3.05, 3.63) is 89.0 Å². The number of fused-ring (bicyclic) bond motifs is 1. The van der Waals surface area contributed by atoms with Crippen LogP contribution in [0.4, 0.5) is 0 Å². The third kappa shape index (κ3) is 5.37. The van der Waals surface area contributed by atoms with Crippen molar-refractivity contribution in [1.29, 1.82) is 0 Å². The van der Waals surface area contributed by atoms with E-state index in [2.05, 4.69) is 36.5 Å². The van der Waals surface area contributed by atoms with Crippen molar-refractivity contribution in [2.45, 2.75) is 32.9 Å². The molecular weight excluding hydrogens is 390 g/mol. The third-order valence-corrected chi connectivity index (χ3v) is 5.18. The molecule has 31 heavy (non-hydrogen) atoms. The molecule has 1 atom stereocenters. The molecule has 1 aliphatic heterocycles. The van der Waals surface area contributed by atoms with Crippen LogP contribution in [0.5, 0.6) is 17.2 Å². The molecule has 0 saturated heterocycles. The predicted octanol–water partition coefficient (Wildman–Crippen LogP) is 4.71. The summed E-state index contributed by atoms with van der Waals surface area (Å²) in [6.45, 7) is 5.55. The molecule has 0 aliphatic carbocycles. The lowest BCUT2D eigenvalue weighted by Crippen LogP contribution is -2.34. The summed E-state index contributed by atoms with van der Waals surface area (Å²) in [5, 5.41) is 3.05. The Morgan fingerprint density at radius 1 is 0.968 bits per heavy atom. The highest BCUT2D eigenvalue weighted by atomic mass is 16.6. The highest BCUT2D eigenvalue weighted by Gasteiger charge is 2.21. The summed E-state index contributed by atoms with van der Waals surface area (Å²) in [6, 6.07) is 21.7. The Balaban J connectivity index is 1.31. The molecule has 1 amide bonds. The second kappa shape index (κ2) is 9.56. The van der Waals surface area contributed by atoms with Crippen LogP contribution in [0.2, 0.25) is 0 Å². The Morgan fingerprint density at radius 2 is 1.68 bits per heavy atom. The zero-order chi connectivity index (χ0) is 21.6. The van der Waals surface area contributed by atoms with Crippen LogP contribution >= 0.6 is 0 Å². The lowest BCUT2D eigenvalue weighted by molar-refractivity contribution is 0.0929. The number of hydrogen-bond donors (Lipinski definition) is 1. The van der Waals surface area contributed by atoms with Crippen LogP contribution in [-0.2, 0) is 13.0 Å². The van der Waals surface area contributed by atoms with E-state index < -0.39 is 0 Å². The first kappa shape index (κ1) is 20.8. The van der Waals surface area contributed by atoms with Gasteiger partial charge in [-0.25, -0.2) is 0 Å². The fourth-order valence-corrected chi connectivity index (χ4v) is 3.53.